The van der Waals surface area contributed by atoms with Crippen molar-refractivity contribution >= 4 is 0 Å². The molecule has 1 nitrogen and oxygen atoms in total. The van der Waals surface area contributed by atoms with Gasteiger partial charge >= 0.3 is 0 Å². The van der Waals surface area contributed by atoms with E-state index in [4.69, 9.17) is 4.74 Å². The van der Waals surface area contributed by atoms with E-state index in [0.29, 0.717) is 17.8 Å². The minimum Gasteiger partial charge on any atom is -0.497 e. The quantitative estimate of drug-likeness (QED) is 0.466. The molecule has 0 saturated heterocycles. The summed E-state index contributed by atoms with van der Waals surface area (Å²) in [6.45, 7) is 28.5. The van der Waals surface area contributed by atoms with Gasteiger partial charge < -0.3 is 4.74 Å². The van der Waals surface area contributed by atoms with Crippen molar-refractivity contribution in [3.05, 3.63) is 52.1 Å². The number of rotatable bonds is 5. The Balaban J connectivity index is 3.32. The van der Waals surface area contributed by atoms with Crippen LogP contribution in [0.5, 0.6) is 5.75 Å². The van der Waals surface area contributed by atoms with Crippen LogP contribution in [0.2, 0.25) is 0 Å². The highest BCUT2D eigenvalue weighted by Crippen LogP contribution is 2.51. The molecule has 31 heavy (non-hydrogen) atoms. The molecule has 1 heteroatoms. The number of benzene rings is 2. The second-order valence-electron chi connectivity index (χ2n) is 12.1. The molecule has 172 valence electrons. The predicted octanol–water partition coefficient (Wildman–Crippen LogP) is 9.33. The molecule has 0 fully saturated rings. The summed E-state index contributed by atoms with van der Waals surface area (Å²) in [5, 5.41) is 0. The zero-order valence-electron chi connectivity index (χ0n) is 22.4. The third kappa shape index (κ3) is 5.02. The lowest BCUT2D eigenvalue weighted by Crippen LogP contribution is -2.27. The standard InChI is InChI=1S/C30H46O/c1-18(2)23-26(21-15-14-16-22(17-21)31-13)24(19(3)4)28(30(10,11)12)25(20(5)6)27(23)29(7,8)9/h14-20H,1-13H3. The Morgan fingerprint density at radius 3 is 1.39 bits per heavy atom. The lowest BCUT2D eigenvalue weighted by molar-refractivity contribution is 0.415. The minimum absolute atomic E-state index is 0.0579. The van der Waals surface area contributed by atoms with E-state index < -0.39 is 0 Å². The maximum Gasteiger partial charge on any atom is 0.119 e. The maximum atomic E-state index is 5.63. The summed E-state index contributed by atoms with van der Waals surface area (Å²) in [4.78, 5) is 0. The highest BCUT2D eigenvalue weighted by Gasteiger charge is 2.36. The third-order valence-electron chi connectivity index (χ3n) is 6.21. The average molecular weight is 423 g/mol. The number of hydrogen-bond donors (Lipinski definition) is 0. The van der Waals surface area contributed by atoms with Gasteiger partial charge in [-0.05, 0) is 79.7 Å². The van der Waals surface area contributed by atoms with Crippen molar-refractivity contribution < 1.29 is 4.74 Å². The molecule has 2 aromatic carbocycles. The zero-order valence-corrected chi connectivity index (χ0v) is 22.4. The Morgan fingerprint density at radius 1 is 0.645 bits per heavy atom. The first-order valence-electron chi connectivity index (χ1n) is 12.0. The van der Waals surface area contributed by atoms with Gasteiger partial charge in [-0.3, -0.25) is 0 Å². The molecule has 0 heterocycles. The van der Waals surface area contributed by atoms with Crippen molar-refractivity contribution in [3.8, 4) is 16.9 Å². The van der Waals surface area contributed by atoms with Crippen LogP contribution in [0.3, 0.4) is 0 Å². The van der Waals surface area contributed by atoms with Crippen molar-refractivity contribution in [3.63, 3.8) is 0 Å². The molecule has 0 atom stereocenters. The Hall–Kier alpha value is -1.76. The van der Waals surface area contributed by atoms with Crippen LogP contribution in [-0.4, -0.2) is 7.11 Å². The van der Waals surface area contributed by atoms with E-state index in [2.05, 4.69) is 101 Å². The normalized spacial score (nSPS) is 12.9. The highest BCUT2D eigenvalue weighted by atomic mass is 16.5. The Bertz CT molecular complexity index is 868. The summed E-state index contributed by atoms with van der Waals surface area (Å²) in [6, 6.07) is 8.67. The first-order chi connectivity index (χ1) is 14.1. The second-order valence-corrected chi connectivity index (χ2v) is 12.1. The van der Waals surface area contributed by atoms with Crippen LogP contribution in [0.4, 0.5) is 0 Å². The fourth-order valence-corrected chi connectivity index (χ4v) is 5.25. The first kappa shape index (κ1) is 25.5. The number of ether oxygens (including phenoxy) is 1. The number of hydrogen-bond acceptors (Lipinski definition) is 1. The molecular weight excluding hydrogens is 376 g/mol. The van der Waals surface area contributed by atoms with E-state index in [0.717, 1.165) is 5.75 Å². The van der Waals surface area contributed by atoms with Gasteiger partial charge in [-0.15, -0.1) is 0 Å². The molecule has 0 spiro atoms. The lowest BCUT2D eigenvalue weighted by Gasteiger charge is -2.40. The Labute approximate surface area is 192 Å². The van der Waals surface area contributed by atoms with E-state index in [-0.39, 0.29) is 10.8 Å². The van der Waals surface area contributed by atoms with E-state index in [1.807, 2.05) is 6.07 Å². The van der Waals surface area contributed by atoms with Gasteiger partial charge in [0, 0.05) is 0 Å². The lowest BCUT2D eigenvalue weighted by atomic mass is 9.64. The molecule has 0 saturated carbocycles. The van der Waals surface area contributed by atoms with Crippen molar-refractivity contribution in [2.45, 2.75) is 112 Å². The molecule has 0 N–H and O–H groups in total. The average Bonchev–Trinajstić information content (AvgIpc) is 2.63. The monoisotopic (exact) mass is 422 g/mol. The summed E-state index contributed by atoms with van der Waals surface area (Å²) in [5.41, 5.74) is 10.5. The smallest absolute Gasteiger partial charge is 0.119 e. The second kappa shape index (κ2) is 9.00. The zero-order chi connectivity index (χ0) is 23.9. The van der Waals surface area contributed by atoms with Crippen LogP contribution in [0.25, 0.3) is 11.1 Å². The van der Waals surface area contributed by atoms with Gasteiger partial charge in [0.15, 0.2) is 0 Å². The highest BCUT2D eigenvalue weighted by molar-refractivity contribution is 5.79. The molecule has 0 amide bonds. The molecule has 2 aromatic rings. The van der Waals surface area contributed by atoms with E-state index in [1.54, 1.807) is 23.8 Å². The minimum atomic E-state index is 0.0579. The molecule has 0 unspecified atom stereocenters. The third-order valence-corrected chi connectivity index (χ3v) is 6.21. The van der Waals surface area contributed by atoms with E-state index in [9.17, 15) is 0 Å². The molecule has 2 rings (SSSR count). The Morgan fingerprint density at radius 2 is 1.06 bits per heavy atom. The largest absolute Gasteiger partial charge is 0.497 e. The van der Waals surface area contributed by atoms with Crippen LogP contribution < -0.4 is 4.74 Å². The molecule has 0 radical (unpaired) electrons. The van der Waals surface area contributed by atoms with E-state index in [1.165, 1.54) is 22.3 Å². The molecule has 0 aliphatic heterocycles. The van der Waals surface area contributed by atoms with Gasteiger partial charge in [-0.2, -0.15) is 0 Å². The fraction of sp³-hybridized carbons (Fsp3) is 0.600. The van der Waals surface area contributed by atoms with Crippen LogP contribution in [0, 0.1) is 0 Å². The maximum absolute atomic E-state index is 5.63. The van der Waals surface area contributed by atoms with Crippen LogP contribution in [0.15, 0.2) is 24.3 Å². The van der Waals surface area contributed by atoms with Crippen LogP contribution in [-0.2, 0) is 10.8 Å². The Kier molecular flexibility index (Phi) is 7.41. The number of methoxy groups -OCH3 is 1. The van der Waals surface area contributed by atoms with Crippen LogP contribution >= 0.6 is 0 Å². The fourth-order valence-electron chi connectivity index (χ4n) is 5.25. The van der Waals surface area contributed by atoms with Crippen molar-refractivity contribution in [1.29, 1.82) is 0 Å². The topological polar surface area (TPSA) is 9.23 Å². The first-order valence-corrected chi connectivity index (χ1v) is 12.0. The predicted molar refractivity (Wildman–Crippen MR) is 138 cm³/mol. The molecule has 0 aromatic heterocycles. The van der Waals surface area contributed by atoms with Crippen molar-refractivity contribution in [2.24, 2.45) is 0 Å². The van der Waals surface area contributed by atoms with E-state index >= 15 is 0 Å². The summed E-state index contributed by atoms with van der Waals surface area (Å²) < 4.78 is 5.63. The summed E-state index contributed by atoms with van der Waals surface area (Å²) in [7, 11) is 1.76. The van der Waals surface area contributed by atoms with Crippen LogP contribution in [0.1, 0.15) is 129 Å². The van der Waals surface area contributed by atoms with Gasteiger partial charge in [0.05, 0.1) is 7.11 Å². The van der Waals surface area contributed by atoms with Gasteiger partial charge in [0.1, 0.15) is 5.75 Å². The molecular formula is C30H46O. The van der Waals surface area contributed by atoms with Gasteiger partial charge in [-0.1, -0.05) is 95.2 Å². The SMILES string of the molecule is COc1cccc(-c2c(C(C)C)c(C(C)(C)C)c(C(C)C)c(C(C)(C)C)c2C(C)C)c1. The van der Waals surface area contributed by atoms with Crippen molar-refractivity contribution in [1.82, 2.24) is 0 Å². The molecule has 0 aliphatic carbocycles. The summed E-state index contributed by atoms with van der Waals surface area (Å²) >= 11 is 0. The van der Waals surface area contributed by atoms with Gasteiger partial charge in [-0.25, -0.2) is 0 Å². The molecule has 0 aliphatic rings. The summed E-state index contributed by atoms with van der Waals surface area (Å²) in [5.74, 6) is 2.25. The van der Waals surface area contributed by atoms with Gasteiger partial charge in [0.2, 0.25) is 0 Å². The van der Waals surface area contributed by atoms with Gasteiger partial charge in [0.25, 0.3) is 0 Å². The summed E-state index contributed by atoms with van der Waals surface area (Å²) in [6.07, 6.45) is 0. The van der Waals surface area contributed by atoms with Crippen molar-refractivity contribution in [2.75, 3.05) is 7.11 Å². The molecule has 0 bridgehead atoms.